The number of aromatic nitrogens is 3. The van der Waals surface area contributed by atoms with E-state index in [4.69, 9.17) is 11.6 Å². The third-order valence-electron chi connectivity index (χ3n) is 5.41. The van der Waals surface area contributed by atoms with Crippen LogP contribution in [-0.2, 0) is 5.41 Å². The average molecular weight is 356 g/mol. The van der Waals surface area contributed by atoms with E-state index in [9.17, 15) is 0 Å². The highest BCUT2D eigenvalue weighted by Gasteiger charge is 2.42. The molecule has 0 amide bonds. The number of rotatable bonds is 4. The molecule has 6 heteroatoms. The van der Waals surface area contributed by atoms with Crippen molar-refractivity contribution >= 4 is 22.6 Å². The van der Waals surface area contributed by atoms with Crippen LogP contribution in [0.3, 0.4) is 0 Å². The highest BCUT2D eigenvalue weighted by molar-refractivity contribution is 6.30. The number of benzene rings is 1. The number of hydrogen-bond donors (Lipinski definition) is 3. The Bertz CT molecular complexity index is 852. The molecule has 5 nitrogen and oxygen atoms in total. The van der Waals surface area contributed by atoms with Crippen LogP contribution in [-0.4, -0.2) is 35.1 Å². The largest absolute Gasteiger partial charge is 0.346 e. The third kappa shape index (κ3) is 2.82. The van der Waals surface area contributed by atoms with E-state index < -0.39 is 0 Å². The quantitative estimate of drug-likeness (QED) is 0.672. The first-order valence-electron chi connectivity index (χ1n) is 8.66. The van der Waals surface area contributed by atoms with Gasteiger partial charge in [0.2, 0.25) is 0 Å². The molecule has 0 saturated carbocycles. The predicted molar refractivity (Wildman–Crippen MR) is 101 cm³/mol. The monoisotopic (exact) mass is 355 g/mol. The lowest BCUT2D eigenvalue weighted by Crippen LogP contribution is -2.48. The van der Waals surface area contributed by atoms with E-state index in [1.165, 1.54) is 5.56 Å². The predicted octanol–water partition coefficient (Wildman–Crippen LogP) is 3.19. The Balaban J connectivity index is 1.87. The Morgan fingerprint density at radius 3 is 2.60 bits per heavy atom. The molecule has 3 aromatic rings. The fourth-order valence-corrected chi connectivity index (χ4v) is 4.32. The third-order valence-corrected chi connectivity index (χ3v) is 5.67. The zero-order chi connectivity index (χ0) is 17.3. The van der Waals surface area contributed by atoms with Crippen molar-refractivity contribution in [1.29, 1.82) is 0 Å². The number of likely N-dealkylation sites (N-methyl/N-ethyl adjacent to an activating group) is 1. The number of nitrogens with zero attached hydrogens (tertiary/aromatic N) is 2. The van der Waals surface area contributed by atoms with Gasteiger partial charge in [-0.25, -0.2) is 9.97 Å². The molecule has 0 spiro atoms. The maximum atomic E-state index is 6.14. The van der Waals surface area contributed by atoms with E-state index in [2.05, 4.69) is 43.8 Å². The molecule has 0 bridgehead atoms. The van der Waals surface area contributed by atoms with Crippen molar-refractivity contribution in [3.63, 3.8) is 0 Å². The van der Waals surface area contributed by atoms with Crippen molar-refractivity contribution in [3.8, 4) is 0 Å². The molecule has 0 radical (unpaired) electrons. The molecule has 1 aliphatic rings. The van der Waals surface area contributed by atoms with Gasteiger partial charge in [0.1, 0.15) is 12.0 Å². The van der Waals surface area contributed by atoms with Crippen molar-refractivity contribution < 1.29 is 0 Å². The second kappa shape index (κ2) is 6.75. The minimum absolute atomic E-state index is 0.0385. The maximum Gasteiger partial charge on any atom is 0.141 e. The molecule has 3 N–H and O–H groups in total. The smallest absolute Gasteiger partial charge is 0.141 e. The van der Waals surface area contributed by atoms with Crippen LogP contribution >= 0.6 is 11.6 Å². The van der Waals surface area contributed by atoms with Crippen molar-refractivity contribution in [1.82, 2.24) is 25.6 Å². The highest BCUT2D eigenvalue weighted by Crippen LogP contribution is 2.45. The van der Waals surface area contributed by atoms with Crippen molar-refractivity contribution in [2.75, 3.05) is 20.1 Å². The van der Waals surface area contributed by atoms with E-state index in [1.807, 2.05) is 25.4 Å². The highest BCUT2D eigenvalue weighted by atomic mass is 35.5. The van der Waals surface area contributed by atoms with Gasteiger partial charge in [-0.15, -0.1) is 0 Å². The molecule has 1 aromatic carbocycles. The van der Waals surface area contributed by atoms with Crippen LogP contribution in [0.4, 0.5) is 0 Å². The Morgan fingerprint density at radius 1 is 1.12 bits per heavy atom. The number of piperidine rings is 1. The maximum absolute atomic E-state index is 6.14. The van der Waals surface area contributed by atoms with E-state index in [1.54, 1.807) is 6.33 Å². The zero-order valence-electron chi connectivity index (χ0n) is 14.2. The van der Waals surface area contributed by atoms with Gasteiger partial charge in [-0.3, -0.25) is 0 Å². The summed E-state index contributed by atoms with van der Waals surface area (Å²) >= 11 is 6.14. The normalized spacial score (nSPS) is 18.3. The molecule has 1 unspecified atom stereocenters. The molecule has 3 heterocycles. The molecule has 0 aliphatic carbocycles. The van der Waals surface area contributed by atoms with Gasteiger partial charge in [0.15, 0.2) is 0 Å². The van der Waals surface area contributed by atoms with E-state index in [0.717, 1.165) is 47.7 Å². The number of halogens is 1. The van der Waals surface area contributed by atoms with E-state index >= 15 is 0 Å². The van der Waals surface area contributed by atoms with Crippen LogP contribution in [0.1, 0.15) is 30.1 Å². The van der Waals surface area contributed by atoms with Gasteiger partial charge in [-0.1, -0.05) is 23.7 Å². The summed E-state index contributed by atoms with van der Waals surface area (Å²) in [5.74, 6) is 0. The molecule has 4 rings (SSSR count). The van der Waals surface area contributed by atoms with E-state index in [-0.39, 0.29) is 11.5 Å². The summed E-state index contributed by atoms with van der Waals surface area (Å²) in [4.78, 5) is 12.2. The van der Waals surface area contributed by atoms with Crippen LogP contribution in [0.15, 0.2) is 42.9 Å². The molecule has 130 valence electrons. The van der Waals surface area contributed by atoms with Crippen LogP contribution < -0.4 is 10.6 Å². The lowest BCUT2D eigenvalue weighted by Gasteiger charge is -2.44. The van der Waals surface area contributed by atoms with Gasteiger partial charge in [-0.2, -0.15) is 0 Å². The minimum Gasteiger partial charge on any atom is -0.346 e. The number of hydrogen-bond acceptors (Lipinski definition) is 4. The number of fused-ring (bicyclic) bond motifs is 1. The second-order valence-electron chi connectivity index (χ2n) is 6.63. The van der Waals surface area contributed by atoms with Crippen molar-refractivity contribution in [2.45, 2.75) is 24.3 Å². The van der Waals surface area contributed by atoms with Gasteiger partial charge >= 0.3 is 0 Å². The summed E-state index contributed by atoms with van der Waals surface area (Å²) in [7, 11) is 2.02. The standard InChI is InChI=1S/C19H22ClN5/c1-21-17(16-15-6-9-23-18(15)25-12-24-16)19(7-10-22-11-8-19)13-2-4-14(20)5-3-13/h2-6,9,12,17,21-22H,7-8,10-11H2,1H3,(H,23,24,25). The summed E-state index contributed by atoms with van der Waals surface area (Å²) in [6.07, 6.45) is 5.65. The molecular formula is C19H22ClN5. The van der Waals surface area contributed by atoms with E-state index in [0.29, 0.717) is 0 Å². The number of H-pyrrole nitrogens is 1. The molecule has 2 aromatic heterocycles. The van der Waals surface area contributed by atoms with Gasteiger partial charge in [0, 0.05) is 22.0 Å². The molecule has 1 aliphatic heterocycles. The first-order valence-corrected chi connectivity index (χ1v) is 9.04. The molecule has 1 saturated heterocycles. The zero-order valence-corrected chi connectivity index (χ0v) is 15.0. The number of aromatic amines is 1. The van der Waals surface area contributed by atoms with Gasteiger partial charge in [0.25, 0.3) is 0 Å². The average Bonchev–Trinajstić information content (AvgIpc) is 3.13. The lowest BCUT2D eigenvalue weighted by molar-refractivity contribution is 0.230. The molecular weight excluding hydrogens is 334 g/mol. The first kappa shape index (κ1) is 16.5. The molecule has 1 atom stereocenters. The Morgan fingerprint density at radius 2 is 1.88 bits per heavy atom. The van der Waals surface area contributed by atoms with Crippen LogP contribution in [0.2, 0.25) is 5.02 Å². The summed E-state index contributed by atoms with van der Waals surface area (Å²) in [6.45, 7) is 1.98. The Labute approximate surface area is 152 Å². The minimum atomic E-state index is -0.0385. The molecule has 1 fully saturated rings. The van der Waals surface area contributed by atoms with Crippen LogP contribution in [0, 0.1) is 0 Å². The topological polar surface area (TPSA) is 65.6 Å². The molecule has 25 heavy (non-hydrogen) atoms. The second-order valence-corrected chi connectivity index (χ2v) is 7.07. The fourth-order valence-electron chi connectivity index (χ4n) is 4.20. The summed E-state index contributed by atoms with van der Waals surface area (Å²) < 4.78 is 0. The fraction of sp³-hybridized carbons (Fsp3) is 0.368. The SMILES string of the molecule is CNC(c1ncnc2[nH]ccc12)C1(c2ccc(Cl)cc2)CCNCC1. The van der Waals surface area contributed by atoms with Crippen LogP contribution in [0.25, 0.3) is 11.0 Å². The number of nitrogens with one attached hydrogen (secondary N) is 3. The Hall–Kier alpha value is -1.95. The Kier molecular flexibility index (Phi) is 4.46. The summed E-state index contributed by atoms with van der Waals surface area (Å²) in [6, 6.07) is 10.4. The summed E-state index contributed by atoms with van der Waals surface area (Å²) in [5.41, 5.74) is 3.19. The lowest BCUT2D eigenvalue weighted by atomic mass is 9.66. The van der Waals surface area contributed by atoms with Gasteiger partial charge in [0.05, 0.1) is 11.7 Å². The van der Waals surface area contributed by atoms with Gasteiger partial charge in [-0.05, 0) is 56.7 Å². The first-order chi connectivity index (χ1) is 12.2. The van der Waals surface area contributed by atoms with Crippen molar-refractivity contribution in [3.05, 3.63) is 59.1 Å². The van der Waals surface area contributed by atoms with Crippen LogP contribution in [0.5, 0.6) is 0 Å². The van der Waals surface area contributed by atoms with Gasteiger partial charge < -0.3 is 15.6 Å². The summed E-state index contributed by atoms with van der Waals surface area (Å²) in [5, 5.41) is 8.89. The van der Waals surface area contributed by atoms with Crippen molar-refractivity contribution in [2.24, 2.45) is 0 Å².